The van der Waals surface area contributed by atoms with Crippen LogP contribution in [0.25, 0.3) is 0 Å². The number of aromatic amines is 1. The summed E-state index contributed by atoms with van der Waals surface area (Å²) < 4.78 is 6.69. The molecule has 0 spiro atoms. The number of aromatic nitrogens is 3. The summed E-state index contributed by atoms with van der Waals surface area (Å²) in [5, 5.41) is 7.18. The van der Waals surface area contributed by atoms with Crippen LogP contribution >= 0.6 is 0 Å². The average molecular weight is 380 g/mol. The van der Waals surface area contributed by atoms with Crippen LogP contribution in [0.4, 0.5) is 0 Å². The lowest BCUT2D eigenvalue weighted by molar-refractivity contribution is 0.0599. The fourth-order valence-electron chi connectivity index (χ4n) is 3.25. The molecule has 7 heteroatoms. The van der Waals surface area contributed by atoms with Crippen molar-refractivity contribution in [3.05, 3.63) is 76.4 Å². The molecule has 146 valence electrons. The van der Waals surface area contributed by atoms with E-state index in [1.807, 2.05) is 48.1 Å². The first-order valence-electron chi connectivity index (χ1n) is 9.17. The molecule has 0 fully saturated rings. The minimum atomic E-state index is -0.436. The van der Waals surface area contributed by atoms with Crippen molar-refractivity contribution >= 4 is 11.9 Å². The second-order valence-corrected chi connectivity index (χ2v) is 6.48. The first-order chi connectivity index (χ1) is 13.5. The predicted molar refractivity (Wildman–Crippen MR) is 105 cm³/mol. The molecule has 0 aliphatic heterocycles. The first kappa shape index (κ1) is 19.4. The molecule has 2 N–H and O–H groups in total. The Bertz CT molecular complexity index is 974. The fourth-order valence-corrected chi connectivity index (χ4v) is 3.25. The molecule has 0 radical (unpaired) electrons. The lowest BCUT2D eigenvalue weighted by Gasteiger charge is -2.11. The van der Waals surface area contributed by atoms with Crippen molar-refractivity contribution in [2.45, 2.75) is 33.4 Å². The van der Waals surface area contributed by atoms with Gasteiger partial charge >= 0.3 is 5.97 Å². The Morgan fingerprint density at radius 2 is 1.96 bits per heavy atom. The Kier molecular flexibility index (Phi) is 5.93. The molecule has 3 aromatic rings. The number of hydrogen-bond donors (Lipinski definition) is 2. The van der Waals surface area contributed by atoms with Gasteiger partial charge in [-0.1, -0.05) is 31.2 Å². The van der Waals surface area contributed by atoms with E-state index in [1.54, 1.807) is 13.1 Å². The fraction of sp³-hybridized carbons (Fsp3) is 0.286. The summed E-state index contributed by atoms with van der Waals surface area (Å²) in [4.78, 5) is 27.9. The molecule has 1 amide bonds. The molecule has 1 aromatic carbocycles. The molecule has 0 atom stereocenters. The summed E-state index contributed by atoms with van der Waals surface area (Å²) in [5.41, 5.74) is 4.23. The number of carbonyl (C=O) groups excluding carboxylic acids is 2. The van der Waals surface area contributed by atoms with Crippen LogP contribution in [0.5, 0.6) is 0 Å². The molecule has 0 aliphatic rings. The number of hydrogen-bond acceptors (Lipinski definition) is 4. The quantitative estimate of drug-likeness (QED) is 0.617. The number of H-pyrrole nitrogens is 1. The number of methoxy groups -OCH3 is 1. The summed E-state index contributed by atoms with van der Waals surface area (Å²) in [7, 11) is 1.34. The molecule has 0 unspecified atom stereocenters. The highest BCUT2D eigenvalue weighted by atomic mass is 16.5. The van der Waals surface area contributed by atoms with Crippen molar-refractivity contribution in [1.29, 1.82) is 0 Å². The van der Waals surface area contributed by atoms with E-state index >= 15 is 0 Å². The Labute approximate surface area is 163 Å². The van der Waals surface area contributed by atoms with Crippen LogP contribution in [-0.2, 0) is 24.2 Å². The molecule has 0 aliphatic carbocycles. The summed E-state index contributed by atoms with van der Waals surface area (Å²) in [6.45, 7) is 4.68. The van der Waals surface area contributed by atoms with Gasteiger partial charge in [0.2, 0.25) is 0 Å². The number of esters is 1. The maximum atomic E-state index is 12.7. The Balaban J connectivity index is 1.77. The molecule has 0 bridgehead atoms. The van der Waals surface area contributed by atoms with E-state index < -0.39 is 5.97 Å². The Morgan fingerprint density at radius 1 is 1.21 bits per heavy atom. The van der Waals surface area contributed by atoms with Gasteiger partial charge in [0.1, 0.15) is 5.69 Å². The highest BCUT2D eigenvalue weighted by Gasteiger charge is 2.23. The average Bonchev–Trinajstić information content (AvgIpc) is 3.34. The number of aryl methyl sites for hydroxylation is 1. The maximum Gasteiger partial charge on any atom is 0.339 e. The minimum absolute atomic E-state index is 0.253. The highest BCUT2D eigenvalue weighted by Crippen LogP contribution is 2.20. The normalized spacial score (nSPS) is 10.7. The van der Waals surface area contributed by atoms with Gasteiger partial charge in [-0.2, -0.15) is 5.10 Å². The van der Waals surface area contributed by atoms with Crippen LogP contribution in [0.15, 0.2) is 42.7 Å². The van der Waals surface area contributed by atoms with Crippen LogP contribution < -0.4 is 5.32 Å². The zero-order valence-electron chi connectivity index (χ0n) is 16.3. The predicted octanol–water partition coefficient (Wildman–Crippen LogP) is 2.85. The summed E-state index contributed by atoms with van der Waals surface area (Å²) in [6.07, 6.45) is 4.24. The summed E-state index contributed by atoms with van der Waals surface area (Å²) in [6, 6.07) is 9.79. The smallest absolute Gasteiger partial charge is 0.339 e. The number of amides is 1. The molecule has 7 nitrogen and oxygen atoms in total. The number of nitrogens with zero attached hydrogens (tertiary/aromatic N) is 2. The third-order valence-electron chi connectivity index (χ3n) is 4.75. The molecule has 3 rings (SSSR count). The van der Waals surface area contributed by atoms with Gasteiger partial charge in [0.25, 0.3) is 5.91 Å². The third kappa shape index (κ3) is 3.98. The molecule has 28 heavy (non-hydrogen) atoms. The number of carbonyl (C=O) groups is 2. The molecule has 2 heterocycles. The van der Waals surface area contributed by atoms with Gasteiger partial charge in [0.15, 0.2) is 0 Å². The van der Waals surface area contributed by atoms with E-state index in [2.05, 4.69) is 15.4 Å². The molecule has 0 saturated heterocycles. The SMILES string of the molecule is CCc1[nH]c(C(=O)NCc2ccccc2Cn2cccn2)c(C)c1C(=O)OC. The van der Waals surface area contributed by atoms with Crippen molar-refractivity contribution in [3.8, 4) is 0 Å². The van der Waals surface area contributed by atoms with Crippen LogP contribution in [0.1, 0.15) is 50.2 Å². The van der Waals surface area contributed by atoms with E-state index in [9.17, 15) is 9.59 Å². The largest absolute Gasteiger partial charge is 0.465 e. The Morgan fingerprint density at radius 3 is 2.61 bits per heavy atom. The van der Waals surface area contributed by atoms with Gasteiger partial charge in [-0.15, -0.1) is 0 Å². The van der Waals surface area contributed by atoms with E-state index in [4.69, 9.17) is 4.74 Å². The number of ether oxygens (including phenoxy) is 1. The molecular weight excluding hydrogens is 356 g/mol. The van der Waals surface area contributed by atoms with Crippen LogP contribution in [0.3, 0.4) is 0 Å². The lowest BCUT2D eigenvalue weighted by atomic mass is 10.1. The van der Waals surface area contributed by atoms with Crippen molar-refractivity contribution in [2.24, 2.45) is 0 Å². The zero-order valence-corrected chi connectivity index (χ0v) is 16.3. The topological polar surface area (TPSA) is 89.0 Å². The lowest BCUT2D eigenvalue weighted by Crippen LogP contribution is -2.24. The second kappa shape index (κ2) is 8.56. The first-order valence-corrected chi connectivity index (χ1v) is 9.17. The van der Waals surface area contributed by atoms with Gasteiger partial charge in [-0.3, -0.25) is 9.48 Å². The maximum absolute atomic E-state index is 12.7. The van der Waals surface area contributed by atoms with Gasteiger partial charge < -0.3 is 15.0 Å². The van der Waals surface area contributed by atoms with Crippen molar-refractivity contribution in [3.63, 3.8) is 0 Å². The highest BCUT2D eigenvalue weighted by molar-refractivity contribution is 6.00. The van der Waals surface area contributed by atoms with Gasteiger partial charge in [-0.25, -0.2) is 4.79 Å². The van der Waals surface area contributed by atoms with Crippen LogP contribution in [0, 0.1) is 6.92 Å². The van der Waals surface area contributed by atoms with Crippen molar-refractivity contribution in [1.82, 2.24) is 20.1 Å². The monoisotopic (exact) mass is 380 g/mol. The van der Waals surface area contributed by atoms with Gasteiger partial charge in [-0.05, 0) is 36.1 Å². The number of benzene rings is 1. The standard InChI is InChI=1S/C21H24N4O3/c1-4-17-18(21(27)28-3)14(2)19(24-17)20(26)22-12-15-8-5-6-9-16(15)13-25-11-7-10-23-25/h5-11,24H,4,12-13H2,1-3H3,(H,22,26). The summed E-state index contributed by atoms with van der Waals surface area (Å²) in [5.74, 6) is -0.689. The molecule has 0 saturated carbocycles. The van der Waals surface area contributed by atoms with E-state index in [0.29, 0.717) is 42.0 Å². The van der Waals surface area contributed by atoms with E-state index in [1.165, 1.54) is 7.11 Å². The van der Waals surface area contributed by atoms with E-state index in [0.717, 1.165) is 11.1 Å². The Hall–Kier alpha value is -3.35. The minimum Gasteiger partial charge on any atom is -0.465 e. The summed E-state index contributed by atoms with van der Waals surface area (Å²) >= 11 is 0. The second-order valence-electron chi connectivity index (χ2n) is 6.48. The number of nitrogens with one attached hydrogen (secondary N) is 2. The van der Waals surface area contributed by atoms with Gasteiger partial charge in [0, 0.05) is 24.6 Å². The molecule has 2 aromatic heterocycles. The van der Waals surface area contributed by atoms with Crippen molar-refractivity contribution in [2.75, 3.05) is 7.11 Å². The van der Waals surface area contributed by atoms with E-state index in [-0.39, 0.29) is 5.91 Å². The van der Waals surface area contributed by atoms with Crippen LogP contribution in [0.2, 0.25) is 0 Å². The third-order valence-corrected chi connectivity index (χ3v) is 4.75. The molecular formula is C21H24N4O3. The van der Waals surface area contributed by atoms with Crippen molar-refractivity contribution < 1.29 is 14.3 Å². The zero-order chi connectivity index (χ0) is 20.1. The van der Waals surface area contributed by atoms with Gasteiger partial charge in [0.05, 0.1) is 19.2 Å². The van der Waals surface area contributed by atoms with Crippen LogP contribution in [-0.4, -0.2) is 33.8 Å². The number of rotatable bonds is 7.